The van der Waals surface area contributed by atoms with E-state index in [2.05, 4.69) is 4.99 Å². The van der Waals surface area contributed by atoms with Crippen LogP contribution >= 0.6 is 0 Å². The summed E-state index contributed by atoms with van der Waals surface area (Å²) in [6.07, 6.45) is -2.07. The van der Waals surface area contributed by atoms with Gasteiger partial charge in [-0.05, 0) is 23.6 Å². The normalized spacial score (nSPS) is 11.9. The van der Waals surface area contributed by atoms with Gasteiger partial charge >= 0.3 is 6.18 Å². The largest absolute Gasteiger partial charge is 0.416 e. The van der Waals surface area contributed by atoms with E-state index in [-0.39, 0.29) is 0 Å². The number of alkyl halides is 3. The second-order valence-corrected chi connectivity index (χ2v) is 4.39. The van der Waals surface area contributed by atoms with Gasteiger partial charge in [0, 0.05) is 12.8 Å². The summed E-state index contributed by atoms with van der Waals surface area (Å²) in [5.41, 5.74) is 1.02. The van der Waals surface area contributed by atoms with Crippen molar-refractivity contribution in [3.63, 3.8) is 0 Å². The Morgan fingerprint density at radius 2 is 1.70 bits per heavy atom. The number of hydrogen-bond acceptors (Lipinski definition) is 1. The van der Waals surface area contributed by atoms with Crippen molar-refractivity contribution in [1.82, 2.24) is 0 Å². The molecule has 104 valence electrons. The first-order valence-electron chi connectivity index (χ1n) is 6.27. The maximum Gasteiger partial charge on any atom is 0.416 e. The van der Waals surface area contributed by atoms with E-state index >= 15 is 0 Å². The van der Waals surface area contributed by atoms with Gasteiger partial charge in [-0.15, -0.1) is 0 Å². The molecule has 0 saturated carbocycles. The average Bonchev–Trinajstić information content (AvgIpc) is 2.44. The van der Waals surface area contributed by atoms with E-state index < -0.39 is 11.7 Å². The van der Waals surface area contributed by atoms with Crippen molar-refractivity contribution >= 4 is 6.21 Å². The van der Waals surface area contributed by atoms with E-state index in [9.17, 15) is 13.2 Å². The molecule has 0 fully saturated rings. The summed E-state index contributed by atoms with van der Waals surface area (Å²) >= 11 is 0. The zero-order valence-corrected chi connectivity index (χ0v) is 10.8. The third-order valence-electron chi connectivity index (χ3n) is 2.82. The maximum atomic E-state index is 12.5. The molecule has 0 aromatic heterocycles. The quantitative estimate of drug-likeness (QED) is 0.736. The Balaban J connectivity index is 1.93. The summed E-state index contributed by atoms with van der Waals surface area (Å²) in [6, 6.07) is 15.0. The monoisotopic (exact) mass is 277 g/mol. The highest BCUT2D eigenvalue weighted by Gasteiger charge is 2.30. The lowest BCUT2D eigenvalue weighted by atomic mass is 10.1. The molecule has 2 aromatic carbocycles. The van der Waals surface area contributed by atoms with Gasteiger partial charge in [0.15, 0.2) is 0 Å². The molecule has 0 saturated heterocycles. The van der Waals surface area contributed by atoms with Crippen LogP contribution in [0.25, 0.3) is 0 Å². The summed E-state index contributed by atoms with van der Waals surface area (Å²) in [7, 11) is 0. The lowest BCUT2D eigenvalue weighted by Crippen LogP contribution is -2.05. The van der Waals surface area contributed by atoms with Crippen molar-refractivity contribution in [3.05, 3.63) is 71.3 Å². The third kappa shape index (κ3) is 4.23. The molecule has 0 spiro atoms. The Kier molecular flexibility index (Phi) is 4.56. The van der Waals surface area contributed by atoms with Crippen LogP contribution in [0.2, 0.25) is 0 Å². The predicted octanol–water partition coefficient (Wildman–Crippen LogP) is 4.37. The molecule has 0 heterocycles. The van der Waals surface area contributed by atoms with E-state index in [0.717, 1.165) is 11.6 Å². The SMILES string of the molecule is FC(F)(F)c1cccc(CCN=Cc2ccccc2)c1. The van der Waals surface area contributed by atoms with Crippen molar-refractivity contribution < 1.29 is 13.2 Å². The van der Waals surface area contributed by atoms with Gasteiger partial charge in [0.2, 0.25) is 0 Å². The standard InChI is InChI=1S/C16H14F3N/c17-16(18,19)15-8-4-7-13(11-15)9-10-20-12-14-5-2-1-3-6-14/h1-8,11-12H,9-10H2. The highest BCUT2D eigenvalue weighted by molar-refractivity contribution is 5.79. The number of aliphatic imine (C=N–C) groups is 1. The Morgan fingerprint density at radius 1 is 0.950 bits per heavy atom. The van der Waals surface area contributed by atoms with Gasteiger partial charge in [-0.2, -0.15) is 13.2 Å². The van der Waals surface area contributed by atoms with Crippen LogP contribution in [-0.4, -0.2) is 12.8 Å². The maximum absolute atomic E-state index is 12.5. The van der Waals surface area contributed by atoms with Crippen molar-refractivity contribution in [2.75, 3.05) is 6.54 Å². The third-order valence-corrected chi connectivity index (χ3v) is 2.82. The molecule has 0 aliphatic rings. The molecule has 0 amide bonds. The summed E-state index contributed by atoms with van der Waals surface area (Å²) in [6.45, 7) is 0.468. The molecule has 2 aromatic rings. The zero-order chi connectivity index (χ0) is 14.4. The molecule has 1 nitrogen and oxygen atoms in total. The van der Waals surface area contributed by atoms with Crippen molar-refractivity contribution in [1.29, 1.82) is 0 Å². The van der Waals surface area contributed by atoms with Crippen LogP contribution in [-0.2, 0) is 12.6 Å². The molecule has 0 aliphatic heterocycles. The molecule has 4 heteroatoms. The van der Waals surface area contributed by atoms with Crippen LogP contribution in [0.5, 0.6) is 0 Å². The van der Waals surface area contributed by atoms with Crippen LogP contribution < -0.4 is 0 Å². The highest BCUT2D eigenvalue weighted by atomic mass is 19.4. The van der Waals surface area contributed by atoms with Gasteiger partial charge in [0.1, 0.15) is 0 Å². The van der Waals surface area contributed by atoms with Gasteiger partial charge in [-0.1, -0.05) is 48.5 Å². The fraction of sp³-hybridized carbons (Fsp3) is 0.188. The van der Waals surface area contributed by atoms with Crippen LogP contribution in [0, 0.1) is 0 Å². The van der Waals surface area contributed by atoms with Crippen LogP contribution in [0.4, 0.5) is 13.2 Å². The number of halogens is 3. The lowest BCUT2D eigenvalue weighted by molar-refractivity contribution is -0.137. The Bertz CT molecular complexity index is 574. The van der Waals surface area contributed by atoms with Crippen LogP contribution in [0.15, 0.2) is 59.6 Å². The smallest absolute Gasteiger partial charge is 0.292 e. The zero-order valence-electron chi connectivity index (χ0n) is 10.8. The fourth-order valence-electron chi connectivity index (χ4n) is 1.81. The van der Waals surface area contributed by atoms with Gasteiger partial charge < -0.3 is 0 Å². The Labute approximate surface area is 115 Å². The highest BCUT2D eigenvalue weighted by Crippen LogP contribution is 2.29. The molecule has 0 atom stereocenters. The summed E-state index contributed by atoms with van der Waals surface area (Å²) in [5, 5.41) is 0. The molecule has 0 bridgehead atoms. The predicted molar refractivity (Wildman–Crippen MR) is 74.1 cm³/mol. The molecule has 0 aliphatic carbocycles. The van der Waals surface area contributed by atoms with E-state index in [0.29, 0.717) is 18.5 Å². The molecule has 0 radical (unpaired) electrons. The molecule has 2 rings (SSSR count). The van der Waals surface area contributed by atoms with E-state index in [1.807, 2.05) is 30.3 Å². The summed E-state index contributed by atoms with van der Waals surface area (Å²) < 4.78 is 37.6. The Hall–Kier alpha value is -2.10. The number of hydrogen-bond donors (Lipinski definition) is 0. The Morgan fingerprint density at radius 3 is 2.40 bits per heavy atom. The van der Waals surface area contributed by atoms with Crippen molar-refractivity contribution in [2.24, 2.45) is 4.99 Å². The first-order chi connectivity index (χ1) is 9.55. The molecular weight excluding hydrogens is 263 g/mol. The summed E-state index contributed by atoms with van der Waals surface area (Å²) in [4.78, 5) is 4.22. The van der Waals surface area contributed by atoms with E-state index in [1.165, 1.54) is 12.1 Å². The molecule has 0 N–H and O–H groups in total. The van der Waals surface area contributed by atoms with Crippen molar-refractivity contribution in [2.45, 2.75) is 12.6 Å². The minimum atomic E-state index is -4.29. The van der Waals surface area contributed by atoms with E-state index in [1.54, 1.807) is 12.3 Å². The number of rotatable bonds is 4. The fourth-order valence-corrected chi connectivity index (χ4v) is 1.81. The molecule has 0 unspecified atom stereocenters. The second-order valence-electron chi connectivity index (χ2n) is 4.39. The van der Waals surface area contributed by atoms with Gasteiger partial charge in [-0.3, -0.25) is 4.99 Å². The molecular formula is C16H14F3N. The first-order valence-corrected chi connectivity index (χ1v) is 6.27. The molecule has 20 heavy (non-hydrogen) atoms. The minimum absolute atomic E-state index is 0.468. The number of nitrogens with zero attached hydrogens (tertiary/aromatic N) is 1. The average molecular weight is 277 g/mol. The minimum Gasteiger partial charge on any atom is -0.292 e. The van der Waals surface area contributed by atoms with Crippen LogP contribution in [0.1, 0.15) is 16.7 Å². The summed E-state index contributed by atoms with van der Waals surface area (Å²) in [5.74, 6) is 0. The topological polar surface area (TPSA) is 12.4 Å². The van der Waals surface area contributed by atoms with Crippen molar-refractivity contribution in [3.8, 4) is 0 Å². The lowest BCUT2D eigenvalue weighted by Gasteiger charge is -2.07. The second kappa shape index (κ2) is 6.37. The van der Waals surface area contributed by atoms with Gasteiger partial charge in [0.05, 0.1) is 5.56 Å². The van der Waals surface area contributed by atoms with E-state index in [4.69, 9.17) is 0 Å². The van der Waals surface area contributed by atoms with Crippen LogP contribution in [0.3, 0.4) is 0 Å². The van der Waals surface area contributed by atoms with Gasteiger partial charge in [-0.25, -0.2) is 0 Å². The van der Waals surface area contributed by atoms with Gasteiger partial charge in [0.25, 0.3) is 0 Å². The first kappa shape index (κ1) is 14.3. The number of benzene rings is 2.